The van der Waals surface area contributed by atoms with Gasteiger partial charge < -0.3 is 24.4 Å². The lowest BCUT2D eigenvalue weighted by Crippen LogP contribution is -2.38. The first-order chi connectivity index (χ1) is 20.4. The number of hydrogen-bond donors (Lipinski definition) is 2. The minimum atomic E-state index is -1.12. The van der Waals surface area contributed by atoms with Gasteiger partial charge >= 0.3 is 7.12 Å². The summed E-state index contributed by atoms with van der Waals surface area (Å²) in [5.74, 6) is 0.664. The van der Waals surface area contributed by atoms with Crippen LogP contribution in [0.25, 0.3) is 22.2 Å². The van der Waals surface area contributed by atoms with Crippen molar-refractivity contribution in [3.63, 3.8) is 0 Å². The fourth-order valence-electron chi connectivity index (χ4n) is 6.15. The summed E-state index contributed by atoms with van der Waals surface area (Å²) in [6.07, 6.45) is 3.68. The van der Waals surface area contributed by atoms with Crippen LogP contribution in [0.5, 0.6) is 0 Å². The van der Waals surface area contributed by atoms with E-state index in [0.717, 1.165) is 59.4 Å². The smallest absolute Gasteiger partial charge is 0.440 e. The second kappa shape index (κ2) is 11.0. The van der Waals surface area contributed by atoms with E-state index in [1.807, 2.05) is 45.0 Å². The number of aryl methyl sites for hydroxylation is 1. The standard InChI is InChI=1S/C33H36BClN4O4/c1-18-15-23(31-24(16-18)30(40)20(3)32(42-31)39-13-11-33(5,6)12-14-39)21(4)37-27-9-10-28(35)38-29(27)22-7-8-26-25(19(22)2)17-36-43-34(26)41/h7-10,15-17,21,37,41H,11-14H2,1-6H3. The molecule has 2 aromatic heterocycles. The molecular formula is C33H36BClN4O4. The summed E-state index contributed by atoms with van der Waals surface area (Å²) >= 11 is 6.40. The van der Waals surface area contributed by atoms with Gasteiger partial charge in [0.05, 0.1) is 34.6 Å². The van der Waals surface area contributed by atoms with Gasteiger partial charge in [0.25, 0.3) is 0 Å². The molecule has 0 saturated carbocycles. The Kier molecular flexibility index (Phi) is 7.51. The Bertz CT molecular complexity index is 1830. The van der Waals surface area contributed by atoms with Gasteiger partial charge in [-0.2, -0.15) is 0 Å². The molecule has 0 amide bonds. The summed E-state index contributed by atoms with van der Waals surface area (Å²) in [6.45, 7) is 14.2. The largest absolute Gasteiger partial charge is 0.583 e. The second-order valence-corrected chi connectivity index (χ2v) is 13.0. The summed E-state index contributed by atoms with van der Waals surface area (Å²) in [6, 6.07) is 11.1. The quantitative estimate of drug-likeness (QED) is 0.206. The molecule has 1 atom stereocenters. The molecule has 2 N–H and O–H groups in total. The predicted octanol–water partition coefficient (Wildman–Crippen LogP) is 6.28. The van der Waals surface area contributed by atoms with Crippen LogP contribution in [0.1, 0.15) is 67.5 Å². The molecule has 1 unspecified atom stereocenters. The summed E-state index contributed by atoms with van der Waals surface area (Å²) in [4.78, 5) is 20.6. The lowest BCUT2D eigenvalue weighted by molar-refractivity contribution is 0.274. The van der Waals surface area contributed by atoms with Gasteiger partial charge in [0.1, 0.15) is 10.7 Å². The number of nitrogens with zero attached hydrogens (tertiary/aromatic N) is 3. The lowest BCUT2D eigenvalue weighted by atomic mass is 9.74. The maximum Gasteiger partial charge on any atom is 0.583 e. The van der Waals surface area contributed by atoms with Crippen LogP contribution < -0.4 is 21.1 Å². The van der Waals surface area contributed by atoms with Crippen LogP contribution in [0.3, 0.4) is 0 Å². The highest BCUT2D eigenvalue weighted by Crippen LogP contribution is 2.37. The Morgan fingerprint density at radius 3 is 2.58 bits per heavy atom. The Hall–Kier alpha value is -3.82. The van der Waals surface area contributed by atoms with Crippen LogP contribution in [-0.4, -0.2) is 36.4 Å². The molecule has 10 heteroatoms. The van der Waals surface area contributed by atoms with Crippen LogP contribution in [0.4, 0.5) is 11.6 Å². The van der Waals surface area contributed by atoms with Crippen LogP contribution >= 0.6 is 11.6 Å². The molecule has 0 aliphatic carbocycles. The van der Waals surface area contributed by atoms with E-state index in [1.165, 1.54) is 0 Å². The third kappa shape index (κ3) is 5.40. The zero-order valence-electron chi connectivity index (χ0n) is 25.4. The number of pyridine rings is 1. The van der Waals surface area contributed by atoms with Gasteiger partial charge in [-0.25, -0.2) is 4.98 Å². The highest BCUT2D eigenvalue weighted by Gasteiger charge is 2.30. The molecule has 2 aliphatic heterocycles. The summed E-state index contributed by atoms with van der Waals surface area (Å²) in [5.41, 5.74) is 8.01. The average molecular weight is 599 g/mol. The maximum atomic E-state index is 13.7. The van der Waals surface area contributed by atoms with Crippen molar-refractivity contribution in [3.8, 4) is 11.3 Å². The zero-order valence-corrected chi connectivity index (χ0v) is 26.2. The van der Waals surface area contributed by atoms with Crippen LogP contribution in [0.15, 0.2) is 50.8 Å². The first kappa shape index (κ1) is 29.3. The Morgan fingerprint density at radius 2 is 1.84 bits per heavy atom. The fourth-order valence-corrected chi connectivity index (χ4v) is 6.30. The van der Waals surface area contributed by atoms with Crippen molar-refractivity contribution in [3.05, 3.63) is 79.6 Å². The molecule has 1 saturated heterocycles. The number of oxime groups is 1. The third-order valence-electron chi connectivity index (χ3n) is 8.88. The number of anilines is 2. The molecule has 2 aromatic carbocycles. The van der Waals surface area contributed by atoms with Gasteiger partial charge in [-0.05, 0) is 75.3 Å². The Morgan fingerprint density at radius 1 is 1.09 bits per heavy atom. The van der Waals surface area contributed by atoms with Crippen molar-refractivity contribution in [2.45, 2.75) is 60.4 Å². The van der Waals surface area contributed by atoms with Crippen molar-refractivity contribution in [1.29, 1.82) is 0 Å². The van der Waals surface area contributed by atoms with Crippen molar-refractivity contribution >= 4 is 52.9 Å². The Balaban J connectivity index is 1.42. The van der Waals surface area contributed by atoms with Gasteiger partial charge in [-0.3, -0.25) is 4.79 Å². The van der Waals surface area contributed by atoms with Gasteiger partial charge in [0, 0.05) is 35.2 Å². The van der Waals surface area contributed by atoms with Crippen molar-refractivity contribution in [1.82, 2.24) is 4.98 Å². The lowest BCUT2D eigenvalue weighted by Gasteiger charge is -2.37. The number of hydrogen-bond acceptors (Lipinski definition) is 8. The van der Waals surface area contributed by atoms with Crippen LogP contribution in [0.2, 0.25) is 5.15 Å². The summed E-state index contributed by atoms with van der Waals surface area (Å²) in [7, 11) is -1.12. The van der Waals surface area contributed by atoms with E-state index in [4.69, 9.17) is 25.8 Å². The molecule has 0 bridgehead atoms. The molecule has 0 radical (unpaired) electrons. The third-order valence-corrected chi connectivity index (χ3v) is 9.09. The van der Waals surface area contributed by atoms with Crippen molar-refractivity contribution in [2.75, 3.05) is 23.3 Å². The first-order valence-electron chi connectivity index (χ1n) is 14.7. The second-order valence-electron chi connectivity index (χ2n) is 12.6. The first-order valence-corrected chi connectivity index (χ1v) is 15.1. The SMILES string of the molecule is Cc1cc(C(C)Nc2ccc(Cl)nc2-c2ccc3c(c2C)C=NOB3O)c2oc(N3CCC(C)(C)CC3)c(C)c(=O)c2c1. The highest BCUT2D eigenvalue weighted by molar-refractivity contribution is 6.62. The van der Waals surface area contributed by atoms with Crippen molar-refractivity contribution in [2.24, 2.45) is 10.6 Å². The van der Waals surface area contributed by atoms with E-state index in [-0.39, 0.29) is 16.9 Å². The van der Waals surface area contributed by atoms with Gasteiger partial charge in [-0.1, -0.05) is 43.6 Å². The van der Waals surface area contributed by atoms with E-state index in [2.05, 4.69) is 42.2 Å². The molecule has 8 nitrogen and oxygen atoms in total. The molecule has 43 heavy (non-hydrogen) atoms. The summed E-state index contributed by atoms with van der Waals surface area (Å²) in [5, 5.41) is 18.7. The molecule has 1 fully saturated rings. The zero-order chi connectivity index (χ0) is 30.6. The number of fused-ring (bicyclic) bond motifs is 2. The number of halogens is 1. The molecule has 222 valence electrons. The highest BCUT2D eigenvalue weighted by atomic mass is 35.5. The summed E-state index contributed by atoms with van der Waals surface area (Å²) < 4.78 is 11.7. The molecule has 6 rings (SSSR count). The van der Waals surface area contributed by atoms with E-state index < -0.39 is 7.12 Å². The molecular weight excluding hydrogens is 563 g/mol. The molecule has 4 aromatic rings. The van der Waals surface area contributed by atoms with Crippen LogP contribution in [-0.2, 0) is 4.76 Å². The topological polar surface area (TPSA) is 100 Å². The number of benzene rings is 2. The predicted molar refractivity (Wildman–Crippen MR) is 175 cm³/mol. The average Bonchev–Trinajstić information content (AvgIpc) is 2.97. The minimum absolute atomic E-state index is 0.00426. The van der Waals surface area contributed by atoms with Gasteiger partial charge in [0.15, 0.2) is 5.43 Å². The monoisotopic (exact) mass is 598 g/mol. The van der Waals surface area contributed by atoms with Crippen molar-refractivity contribution < 1.29 is 14.2 Å². The molecule has 0 spiro atoms. The van der Waals surface area contributed by atoms with E-state index >= 15 is 0 Å². The minimum Gasteiger partial charge on any atom is -0.440 e. The van der Waals surface area contributed by atoms with E-state index in [0.29, 0.717) is 38.7 Å². The van der Waals surface area contributed by atoms with E-state index in [9.17, 15) is 9.82 Å². The fraction of sp³-hybridized carbons (Fsp3) is 0.364. The normalized spacial score (nSPS) is 16.7. The molecule has 2 aliphatic rings. The molecule has 4 heterocycles. The number of nitrogens with one attached hydrogen (secondary N) is 1. The number of piperidine rings is 1. The van der Waals surface area contributed by atoms with E-state index in [1.54, 1.807) is 12.3 Å². The Labute approximate surface area is 256 Å². The maximum absolute atomic E-state index is 13.7. The van der Waals surface area contributed by atoms with Gasteiger partial charge in [0.2, 0.25) is 5.88 Å². The van der Waals surface area contributed by atoms with Crippen LogP contribution in [0, 0.1) is 26.2 Å². The number of aromatic nitrogens is 1. The number of rotatable bonds is 5. The van der Waals surface area contributed by atoms with Gasteiger partial charge in [-0.15, -0.1) is 5.16 Å².